The average molecular weight is 393 g/mol. The van der Waals surface area contributed by atoms with Crippen LogP contribution in [0.4, 0.5) is 4.39 Å². The normalized spacial score (nSPS) is 13.3. The van der Waals surface area contributed by atoms with E-state index in [0.717, 1.165) is 15.6 Å². The topological polar surface area (TPSA) is 41.1 Å². The molecule has 0 aliphatic rings. The second-order valence-electron chi connectivity index (χ2n) is 5.80. The minimum Gasteiger partial charge on any atom is -0.354 e. The van der Waals surface area contributed by atoms with Gasteiger partial charge in [0.25, 0.3) is 0 Å². The third-order valence-corrected chi connectivity index (χ3v) is 4.61. The number of benzene rings is 2. The van der Waals surface area contributed by atoms with Crippen LogP contribution >= 0.6 is 15.9 Å². The molecule has 2 aromatic carbocycles. The Kier molecular flexibility index (Phi) is 6.94. The van der Waals surface area contributed by atoms with Crippen LogP contribution in [0.2, 0.25) is 0 Å². The van der Waals surface area contributed by atoms with Gasteiger partial charge in [-0.3, -0.25) is 10.1 Å². The first-order valence-corrected chi connectivity index (χ1v) is 8.79. The van der Waals surface area contributed by atoms with Crippen molar-refractivity contribution in [2.45, 2.75) is 32.4 Å². The summed E-state index contributed by atoms with van der Waals surface area (Å²) < 4.78 is 13.9. The molecular weight excluding hydrogens is 371 g/mol. The number of halogens is 2. The van der Waals surface area contributed by atoms with Crippen molar-refractivity contribution in [3.8, 4) is 0 Å². The molecule has 0 saturated carbocycles. The number of hydrogen-bond acceptors (Lipinski definition) is 2. The molecule has 2 rings (SSSR count). The second-order valence-corrected chi connectivity index (χ2v) is 6.65. The summed E-state index contributed by atoms with van der Waals surface area (Å²) in [4.78, 5) is 12.2. The van der Waals surface area contributed by atoms with Crippen molar-refractivity contribution in [2.75, 3.05) is 6.54 Å². The molecule has 24 heavy (non-hydrogen) atoms. The zero-order valence-electron chi connectivity index (χ0n) is 13.9. The molecule has 2 unspecified atom stereocenters. The van der Waals surface area contributed by atoms with E-state index in [1.54, 1.807) is 12.1 Å². The molecule has 0 bridgehead atoms. The molecule has 128 valence electrons. The van der Waals surface area contributed by atoms with Crippen molar-refractivity contribution in [1.82, 2.24) is 10.6 Å². The van der Waals surface area contributed by atoms with Crippen molar-refractivity contribution in [3.63, 3.8) is 0 Å². The number of amides is 1. The molecule has 1 amide bonds. The van der Waals surface area contributed by atoms with Gasteiger partial charge in [0.05, 0.1) is 6.04 Å². The van der Waals surface area contributed by atoms with E-state index in [1.807, 2.05) is 38.1 Å². The Bertz CT molecular complexity index is 675. The van der Waals surface area contributed by atoms with E-state index in [2.05, 4.69) is 26.6 Å². The lowest BCUT2D eigenvalue weighted by molar-refractivity contribution is -0.122. The van der Waals surface area contributed by atoms with Crippen LogP contribution in [0.25, 0.3) is 0 Å². The maximum absolute atomic E-state index is 12.9. The predicted octanol–water partition coefficient (Wildman–Crippen LogP) is 3.99. The predicted molar refractivity (Wildman–Crippen MR) is 98.3 cm³/mol. The van der Waals surface area contributed by atoms with Crippen LogP contribution in [0.15, 0.2) is 53.0 Å². The number of rotatable bonds is 7. The Morgan fingerprint density at radius 1 is 1.12 bits per heavy atom. The van der Waals surface area contributed by atoms with Gasteiger partial charge in [-0.25, -0.2) is 4.39 Å². The summed E-state index contributed by atoms with van der Waals surface area (Å²) in [5, 5.41) is 6.21. The largest absolute Gasteiger partial charge is 0.354 e. The quantitative estimate of drug-likeness (QED) is 0.747. The van der Waals surface area contributed by atoms with Gasteiger partial charge in [-0.05, 0) is 49.6 Å². The van der Waals surface area contributed by atoms with Gasteiger partial charge in [-0.1, -0.05) is 46.3 Å². The lowest BCUT2D eigenvalue weighted by atomic mass is 10.1. The Balaban J connectivity index is 1.79. The molecule has 0 spiro atoms. The Morgan fingerprint density at radius 2 is 1.79 bits per heavy atom. The molecule has 3 nitrogen and oxygen atoms in total. The van der Waals surface area contributed by atoms with Crippen molar-refractivity contribution in [1.29, 1.82) is 0 Å². The van der Waals surface area contributed by atoms with E-state index in [9.17, 15) is 9.18 Å². The lowest BCUT2D eigenvalue weighted by Gasteiger charge is -2.21. The smallest absolute Gasteiger partial charge is 0.236 e. The van der Waals surface area contributed by atoms with Gasteiger partial charge < -0.3 is 5.32 Å². The van der Waals surface area contributed by atoms with Crippen LogP contribution in [0.3, 0.4) is 0 Å². The third-order valence-electron chi connectivity index (χ3n) is 3.89. The van der Waals surface area contributed by atoms with Gasteiger partial charge in [0.1, 0.15) is 5.82 Å². The zero-order valence-corrected chi connectivity index (χ0v) is 15.4. The van der Waals surface area contributed by atoms with E-state index < -0.39 is 0 Å². The Hall–Kier alpha value is -1.72. The molecule has 0 heterocycles. The first-order chi connectivity index (χ1) is 11.5. The van der Waals surface area contributed by atoms with E-state index in [4.69, 9.17) is 0 Å². The first-order valence-electron chi connectivity index (χ1n) is 8.00. The fourth-order valence-electron chi connectivity index (χ4n) is 2.50. The summed E-state index contributed by atoms with van der Waals surface area (Å²) in [5.74, 6) is -0.294. The minimum absolute atomic E-state index is 0.0454. The molecule has 0 saturated heterocycles. The molecule has 0 aliphatic heterocycles. The van der Waals surface area contributed by atoms with Crippen LogP contribution in [-0.2, 0) is 11.2 Å². The van der Waals surface area contributed by atoms with Gasteiger partial charge in [0.15, 0.2) is 0 Å². The van der Waals surface area contributed by atoms with Gasteiger partial charge in [0, 0.05) is 17.1 Å². The fourth-order valence-corrected chi connectivity index (χ4v) is 3.13. The standard InChI is InChI=1S/C19H22BrFN2O/c1-13(17-5-3-4-6-18(17)20)23-14(2)19(24)22-12-11-15-7-9-16(21)10-8-15/h3-10,13-14,23H,11-12H2,1-2H3,(H,22,24). The van der Waals surface area contributed by atoms with Crippen molar-refractivity contribution >= 4 is 21.8 Å². The maximum Gasteiger partial charge on any atom is 0.236 e. The second kappa shape index (κ2) is 8.94. The van der Waals surface area contributed by atoms with Gasteiger partial charge >= 0.3 is 0 Å². The SMILES string of the molecule is CC(NC(C)c1ccccc1Br)C(=O)NCCc1ccc(F)cc1. The minimum atomic E-state index is -0.305. The molecule has 2 aromatic rings. The van der Waals surface area contributed by atoms with E-state index in [0.29, 0.717) is 13.0 Å². The van der Waals surface area contributed by atoms with Gasteiger partial charge in [0.2, 0.25) is 5.91 Å². The highest BCUT2D eigenvalue weighted by Crippen LogP contribution is 2.22. The van der Waals surface area contributed by atoms with Crippen LogP contribution in [0.5, 0.6) is 0 Å². The molecule has 0 aliphatic carbocycles. The van der Waals surface area contributed by atoms with E-state index >= 15 is 0 Å². The molecule has 0 fully saturated rings. The molecule has 0 aromatic heterocycles. The van der Waals surface area contributed by atoms with Crippen molar-refractivity contribution in [2.24, 2.45) is 0 Å². The van der Waals surface area contributed by atoms with E-state index in [1.165, 1.54) is 12.1 Å². The first kappa shape index (κ1) is 18.6. The van der Waals surface area contributed by atoms with Crippen LogP contribution in [0.1, 0.15) is 31.0 Å². The highest BCUT2D eigenvalue weighted by atomic mass is 79.9. The highest BCUT2D eigenvalue weighted by Gasteiger charge is 2.17. The monoisotopic (exact) mass is 392 g/mol. The van der Waals surface area contributed by atoms with Gasteiger partial charge in [-0.15, -0.1) is 0 Å². The van der Waals surface area contributed by atoms with Crippen molar-refractivity contribution in [3.05, 3.63) is 69.9 Å². The summed E-state index contributed by atoms with van der Waals surface area (Å²) >= 11 is 3.53. The summed E-state index contributed by atoms with van der Waals surface area (Å²) in [6, 6.07) is 14.0. The highest BCUT2D eigenvalue weighted by molar-refractivity contribution is 9.10. The molecule has 2 N–H and O–H groups in total. The third kappa shape index (κ3) is 5.42. The maximum atomic E-state index is 12.9. The summed E-state index contributed by atoms with van der Waals surface area (Å²) in [6.45, 7) is 4.41. The summed E-state index contributed by atoms with van der Waals surface area (Å²) in [7, 11) is 0. The summed E-state index contributed by atoms with van der Waals surface area (Å²) in [5.41, 5.74) is 2.11. The lowest BCUT2D eigenvalue weighted by Crippen LogP contribution is -2.43. The number of nitrogens with one attached hydrogen (secondary N) is 2. The Labute approximate surface area is 150 Å². The van der Waals surface area contributed by atoms with Crippen LogP contribution in [-0.4, -0.2) is 18.5 Å². The summed E-state index contributed by atoms with van der Waals surface area (Å²) in [6.07, 6.45) is 0.679. The molecular formula is C19H22BrFN2O. The molecule has 2 atom stereocenters. The number of carbonyl (C=O) groups is 1. The molecule has 5 heteroatoms. The van der Waals surface area contributed by atoms with Crippen LogP contribution < -0.4 is 10.6 Å². The van der Waals surface area contributed by atoms with E-state index in [-0.39, 0.29) is 23.8 Å². The molecule has 0 radical (unpaired) electrons. The number of hydrogen-bond donors (Lipinski definition) is 2. The van der Waals surface area contributed by atoms with Crippen LogP contribution in [0, 0.1) is 5.82 Å². The number of carbonyl (C=O) groups excluding carboxylic acids is 1. The average Bonchev–Trinajstić information content (AvgIpc) is 2.56. The van der Waals surface area contributed by atoms with Gasteiger partial charge in [-0.2, -0.15) is 0 Å². The Morgan fingerprint density at radius 3 is 2.46 bits per heavy atom. The fraction of sp³-hybridized carbons (Fsp3) is 0.316. The zero-order chi connectivity index (χ0) is 17.5. The van der Waals surface area contributed by atoms with Crippen molar-refractivity contribution < 1.29 is 9.18 Å².